The normalized spacial score (nSPS) is 18.3. The first-order chi connectivity index (χ1) is 12.2. The van der Waals surface area contributed by atoms with Crippen LogP contribution in [0.2, 0.25) is 0 Å². The van der Waals surface area contributed by atoms with Crippen LogP contribution in [-0.4, -0.2) is 44.4 Å². The maximum atomic E-state index is 13.0. The zero-order valence-corrected chi connectivity index (χ0v) is 14.1. The van der Waals surface area contributed by atoms with E-state index in [2.05, 4.69) is 20.6 Å². The number of halogens is 3. The first-order valence-electron chi connectivity index (χ1n) is 7.92. The molecular formula is C15H17F3N6O2. The van der Waals surface area contributed by atoms with Crippen molar-refractivity contribution in [2.45, 2.75) is 32.0 Å². The fraction of sp³-hybridized carbons (Fsp3) is 0.467. The van der Waals surface area contributed by atoms with Crippen molar-refractivity contribution in [2.24, 2.45) is 7.05 Å². The topological polar surface area (TPSA) is 95.9 Å². The number of hydrogen-bond donors (Lipinski definition) is 2. The second-order valence-electron chi connectivity index (χ2n) is 6.08. The number of amides is 2. The standard InChI is InChI=1S/C15H17F3N6O2/c1-8-11(12(21-20-8)15(16,17)18)13(25)19-9-4-3-6-24(14(9)26)10-5-7-23(2)22-10/h5,7,9H,3-4,6H2,1-2H3,(H,19,25)(H,20,21). The molecule has 140 valence electrons. The molecule has 26 heavy (non-hydrogen) atoms. The Hall–Kier alpha value is -2.85. The van der Waals surface area contributed by atoms with Crippen LogP contribution in [0.1, 0.15) is 34.6 Å². The largest absolute Gasteiger partial charge is 0.435 e. The highest BCUT2D eigenvalue weighted by Gasteiger charge is 2.41. The van der Waals surface area contributed by atoms with Gasteiger partial charge in [0.05, 0.1) is 5.56 Å². The molecule has 1 aliphatic rings. The summed E-state index contributed by atoms with van der Waals surface area (Å²) in [6.45, 7) is 1.75. The first kappa shape index (κ1) is 18.0. The molecule has 1 saturated heterocycles. The number of piperidine rings is 1. The molecule has 0 radical (unpaired) electrons. The molecule has 2 aromatic rings. The molecule has 1 aliphatic heterocycles. The molecule has 0 saturated carbocycles. The van der Waals surface area contributed by atoms with Crippen molar-refractivity contribution in [2.75, 3.05) is 11.4 Å². The van der Waals surface area contributed by atoms with Gasteiger partial charge >= 0.3 is 6.18 Å². The van der Waals surface area contributed by atoms with E-state index in [1.54, 1.807) is 19.3 Å². The van der Waals surface area contributed by atoms with Crippen LogP contribution in [0, 0.1) is 6.92 Å². The lowest BCUT2D eigenvalue weighted by Crippen LogP contribution is -2.52. The highest BCUT2D eigenvalue weighted by Crippen LogP contribution is 2.31. The fourth-order valence-corrected chi connectivity index (χ4v) is 2.93. The summed E-state index contributed by atoms with van der Waals surface area (Å²) in [5.74, 6) is -0.949. The highest BCUT2D eigenvalue weighted by molar-refractivity contribution is 6.03. The van der Waals surface area contributed by atoms with Gasteiger partial charge in [0, 0.05) is 31.5 Å². The van der Waals surface area contributed by atoms with Crippen molar-refractivity contribution in [3.8, 4) is 0 Å². The van der Waals surface area contributed by atoms with E-state index < -0.39 is 35.3 Å². The van der Waals surface area contributed by atoms with Crippen LogP contribution in [0.4, 0.5) is 19.0 Å². The van der Waals surface area contributed by atoms with E-state index in [1.165, 1.54) is 16.5 Å². The van der Waals surface area contributed by atoms with Crippen LogP contribution in [-0.2, 0) is 18.0 Å². The minimum absolute atomic E-state index is 0.0142. The van der Waals surface area contributed by atoms with Gasteiger partial charge in [0.1, 0.15) is 6.04 Å². The van der Waals surface area contributed by atoms with Gasteiger partial charge in [0.25, 0.3) is 11.8 Å². The van der Waals surface area contributed by atoms with Gasteiger partial charge in [-0.3, -0.25) is 24.3 Å². The van der Waals surface area contributed by atoms with Gasteiger partial charge in [-0.15, -0.1) is 0 Å². The maximum absolute atomic E-state index is 13.0. The number of alkyl halides is 3. The van der Waals surface area contributed by atoms with E-state index in [9.17, 15) is 22.8 Å². The molecule has 0 bridgehead atoms. The second-order valence-corrected chi connectivity index (χ2v) is 6.08. The molecule has 1 unspecified atom stereocenters. The Kier molecular flexibility index (Phi) is 4.46. The number of hydrogen-bond acceptors (Lipinski definition) is 4. The van der Waals surface area contributed by atoms with E-state index in [0.717, 1.165) is 0 Å². The van der Waals surface area contributed by atoms with E-state index in [4.69, 9.17) is 0 Å². The third kappa shape index (κ3) is 3.28. The lowest BCUT2D eigenvalue weighted by Gasteiger charge is -2.31. The average molecular weight is 370 g/mol. The third-order valence-electron chi connectivity index (χ3n) is 4.16. The van der Waals surface area contributed by atoms with E-state index >= 15 is 0 Å². The minimum Gasteiger partial charge on any atom is -0.340 e. The number of aryl methyl sites for hydroxylation is 2. The fourth-order valence-electron chi connectivity index (χ4n) is 2.93. The molecule has 3 heterocycles. The van der Waals surface area contributed by atoms with Crippen LogP contribution in [0.25, 0.3) is 0 Å². The lowest BCUT2D eigenvalue weighted by molar-refractivity contribution is -0.141. The van der Waals surface area contributed by atoms with Gasteiger partial charge in [-0.2, -0.15) is 23.4 Å². The summed E-state index contributed by atoms with van der Waals surface area (Å²) >= 11 is 0. The Balaban J connectivity index is 1.80. The molecule has 0 aliphatic carbocycles. The quantitative estimate of drug-likeness (QED) is 0.854. The van der Waals surface area contributed by atoms with Crippen molar-refractivity contribution < 1.29 is 22.8 Å². The number of H-pyrrole nitrogens is 1. The number of anilines is 1. The summed E-state index contributed by atoms with van der Waals surface area (Å²) in [4.78, 5) is 26.4. The molecule has 1 atom stereocenters. The van der Waals surface area contributed by atoms with Crippen LogP contribution in [0.3, 0.4) is 0 Å². The van der Waals surface area contributed by atoms with Crippen LogP contribution >= 0.6 is 0 Å². The number of aromatic nitrogens is 4. The lowest BCUT2D eigenvalue weighted by atomic mass is 10.0. The van der Waals surface area contributed by atoms with E-state index in [0.29, 0.717) is 25.2 Å². The van der Waals surface area contributed by atoms with Crippen molar-refractivity contribution in [1.29, 1.82) is 0 Å². The molecule has 2 N–H and O–H groups in total. The van der Waals surface area contributed by atoms with Crippen molar-refractivity contribution >= 4 is 17.6 Å². The third-order valence-corrected chi connectivity index (χ3v) is 4.16. The summed E-state index contributed by atoms with van der Waals surface area (Å²) < 4.78 is 40.6. The Labute approximate surface area is 146 Å². The maximum Gasteiger partial charge on any atom is 0.435 e. The van der Waals surface area contributed by atoms with Crippen molar-refractivity contribution in [3.05, 3.63) is 29.2 Å². The Bertz CT molecular complexity index is 841. The molecular weight excluding hydrogens is 353 g/mol. The van der Waals surface area contributed by atoms with Crippen LogP contribution in [0.5, 0.6) is 0 Å². The summed E-state index contributed by atoms with van der Waals surface area (Å²) in [6, 6.07) is 0.734. The Morgan fingerprint density at radius 1 is 1.42 bits per heavy atom. The number of carbonyl (C=O) groups is 2. The number of nitrogens with one attached hydrogen (secondary N) is 2. The van der Waals surface area contributed by atoms with Crippen molar-refractivity contribution in [1.82, 2.24) is 25.3 Å². The van der Waals surface area contributed by atoms with Gasteiger partial charge in [0.15, 0.2) is 11.5 Å². The molecule has 0 spiro atoms. The van der Waals surface area contributed by atoms with Gasteiger partial charge in [-0.25, -0.2) is 0 Å². The zero-order chi connectivity index (χ0) is 19.1. The summed E-state index contributed by atoms with van der Waals surface area (Å²) in [5.41, 5.74) is -1.91. The highest BCUT2D eigenvalue weighted by atomic mass is 19.4. The van der Waals surface area contributed by atoms with Gasteiger partial charge in [-0.1, -0.05) is 0 Å². The van der Waals surface area contributed by atoms with Crippen LogP contribution < -0.4 is 10.2 Å². The molecule has 8 nitrogen and oxygen atoms in total. The Morgan fingerprint density at radius 2 is 2.15 bits per heavy atom. The second kappa shape index (κ2) is 6.46. The smallest absolute Gasteiger partial charge is 0.340 e. The predicted octanol–water partition coefficient (Wildman–Crippen LogP) is 1.40. The molecule has 2 aromatic heterocycles. The van der Waals surface area contributed by atoms with Crippen LogP contribution in [0.15, 0.2) is 12.3 Å². The van der Waals surface area contributed by atoms with E-state index in [-0.39, 0.29) is 5.69 Å². The van der Waals surface area contributed by atoms with Gasteiger partial charge in [-0.05, 0) is 19.8 Å². The summed E-state index contributed by atoms with van der Waals surface area (Å²) in [5, 5.41) is 11.9. The minimum atomic E-state index is -4.77. The van der Waals surface area contributed by atoms with Crippen molar-refractivity contribution in [3.63, 3.8) is 0 Å². The molecule has 1 fully saturated rings. The number of nitrogens with zero attached hydrogens (tertiary/aromatic N) is 4. The van der Waals surface area contributed by atoms with E-state index in [1.807, 2.05) is 0 Å². The number of rotatable bonds is 3. The molecule has 11 heteroatoms. The zero-order valence-electron chi connectivity index (χ0n) is 14.1. The summed E-state index contributed by atoms with van der Waals surface area (Å²) in [7, 11) is 1.71. The van der Waals surface area contributed by atoms with Gasteiger partial charge in [0.2, 0.25) is 0 Å². The predicted molar refractivity (Wildman–Crippen MR) is 84.4 cm³/mol. The monoisotopic (exact) mass is 370 g/mol. The average Bonchev–Trinajstić information content (AvgIpc) is 3.15. The first-order valence-corrected chi connectivity index (χ1v) is 7.92. The summed E-state index contributed by atoms with van der Waals surface area (Å²) in [6.07, 6.45) is -2.17. The SMILES string of the molecule is Cc1[nH]nc(C(F)(F)F)c1C(=O)NC1CCCN(c2ccn(C)n2)C1=O. The number of carbonyl (C=O) groups excluding carboxylic acids is 2. The van der Waals surface area contributed by atoms with Gasteiger partial charge < -0.3 is 5.32 Å². The molecule has 0 aromatic carbocycles. The molecule has 2 amide bonds. The molecule has 3 rings (SSSR count). The Morgan fingerprint density at radius 3 is 2.77 bits per heavy atom. The number of aromatic amines is 1.